The third kappa shape index (κ3) is 3.56. The SMILES string of the molecule is Bc1cnn2c(NCc3ccc[n+]([O-])c3)cc(-c3ccc(Cl)cc3Cl)nc12. The maximum Gasteiger partial charge on any atom is 0.185 e. The molecule has 0 fully saturated rings. The third-order valence-electron chi connectivity index (χ3n) is 4.17. The Morgan fingerprint density at radius 2 is 2.07 bits per heavy atom. The van der Waals surface area contributed by atoms with Crippen molar-refractivity contribution in [1.29, 1.82) is 0 Å². The fourth-order valence-corrected chi connectivity index (χ4v) is 3.34. The van der Waals surface area contributed by atoms with Crippen molar-refractivity contribution in [3.63, 3.8) is 0 Å². The number of pyridine rings is 1. The zero-order chi connectivity index (χ0) is 19.0. The molecule has 0 spiro atoms. The summed E-state index contributed by atoms with van der Waals surface area (Å²) in [5, 5.41) is 20.3. The number of hydrogen-bond acceptors (Lipinski definition) is 4. The largest absolute Gasteiger partial charge is 0.619 e. The highest BCUT2D eigenvalue weighted by atomic mass is 35.5. The Balaban J connectivity index is 1.77. The quantitative estimate of drug-likeness (QED) is 0.325. The summed E-state index contributed by atoms with van der Waals surface area (Å²) >= 11 is 12.4. The van der Waals surface area contributed by atoms with Gasteiger partial charge in [-0.1, -0.05) is 23.2 Å². The van der Waals surface area contributed by atoms with Crippen molar-refractivity contribution in [2.45, 2.75) is 6.54 Å². The van der Waals surface area contributed by atoms with Crippen LogP contribution in [0.15, 0.2) is 55.0 Å². The maximum atomic E-state index is 11.5. The van der Waals surface area contributed by atoms with E-state index in [9.17, 15) is 5.21 Å². The predicted octanol–water partition coefficient (Wildman–Crippen LogP) is 2.21. The van der Waals surface area contributed by atoms with Gasteiger partial charge in [0.05, 0.1) is 10.7 Å². The van der Waals surface area contributed by atoms with Crippen molar-refractivity contribution in [1.82, 2.24) is 14.6 Å². The molecule has 4 aromatic rings. The highest BCUT2D eigenvalue weighted by molar-refractivity contribution is 6.37. The summed E-state index contributed by atoms with van der Waals surface area (Å²) in [4.78, 5) is 4.70. The first kappa shape index (κ1) is 17.6. The molecule has 0 saturated carbocycles. The fraction of sp³-hybridized carbons (Fsp3) is 0.0556. The van der Waals surface area contributed by atoms with Crippen molar-refractivity contribution in [2.24, 2.45) is 0 Å². The lowest BCUT2D eigenvalue weighted by Gasteiger charge is -2.12. The zero-order valence-corrected chi connectivity index (χ0v) is 15.9. The number of aromatic nitrogens is 4. The molecule has 3 aromatic heterocycles. The summed E-state index contributed by atoms with van der Waals surface area (Å²) in [5.74, 6) is 0.746. The molecular weight excluding hydrogens is 384 g/mol. The van der Waals surface area contributed by atoms with Crippen molar-refractivity contribution < 1.29 is 4.73 Å². The van der Waals surface area contributed by atoms with E-state index >= 15 is 0 Å². The van der Waals surface area contributed by atoms with E-state index in [1.54, 1.807) is 28.9 Å². The first-order chi connectivity index (χ1) is 13.0. The predicted molar refractivity (Wildman–Crippen MR) is 109 cm³/mol. The van der Waals surface area contributed by atoms with E-state index in [0.29, 0.717) is 22.3 Å². The molecule has 0 amide bonds. The lowest BCUT2D eigenvalue weighted by atomic mass is 10.0. The maximum absolute atomic E-state index is 11.5. The van der Waals surface area contributed by atoms with E-state index in [1.165, 1.54) is 12.4 Å². The number of hydrogen-bond donors (Lipinski definition) is 1. The van der Waals surface area contributed by atoms with Gasteiger partial charge in [0.15, 0.2) is 18.0 Å². The summed E-state index contributed by atoms with van der Waals surface area (Å²) in [6.45, 7) is 0.467. The van der Waals surface area contributed by atoms with Crippen LogP contribution in [0.2, 0.25) is 10.0 Å². The van der Waals surface area contributed by atoms with Crippen LogP contribution in [0.5, 0.6) is 0 Å². The molecule has 0 atom stereocenters. The first-order valence-electron chi connectivity index (χ1n) is 8.23. The van der Waals surface area contributed by atoms with Gasteiger partial charge in [-0.3, -0.25) is 0 Å². The van der Waals surface area contributed by atoms with Crippen LogP contribution < -0.4 is 15.5 Å². The zero-order valence-electron chi connectivity index (χ0n) is 14.4. The molecule has 0 unspecified atom stereocenters. The highest BCUT2D eigenvalue weighted by Gasteiger charge is 2.13. The smallest absolute Gasteiger partial charge is 0.185 e. The summed E-state index contributed by atoms with van der Waals surface area (Å²) in [6.07, 6.45) is 4.73. The van der Waals surface area contributed by atoms with E-state index < -0.39 is 0 Å². The molecule has 134 valence electrons. The minimum Gasteiger partial charge on any atom is -0.619 e. The van der Waals surface area contributed by atoms with Gasteiger partial charge in [-0.15, -0.1) is 0 Å². The lowest BCUT2D eigenvalue weighted by molar-refractivity contribution is -0.605. The van der Waals surface area contributed by atoms with E-state index in [2.05, 4.69) is 10.4 Å². The first-order valence-corrected chi connectivity index (χ1v) is 8.99. The molecular formula is C18H14BCl2N5O. The van der Waals surface area contributed by atoms with Crippen molar-refractivity contribution in [3.8, 4) is 11.3 Å². The van der Waals surface area contributed by atoms with E-state index in [-0.39, 0.29) is 0 Å². The van der Waals surface area contributed by atoms with E-state index in [0.717, 1.165) is 32.8 Å². The summed E-state index contributed by atoms with van der Waals surface area (Å²) in [5.41, 5.74) is 4.02. The Morgan fingerprint density at radius 3 is 2.85 bits per heavy atom. The Morgan fingerprint density at radius 1 is 1.22 bits per heavy atom. The molecule has 4 rings (SSSR count). The van der Waals surface area contributed by atoms with Crippen LogP contribution in [0, 0.1) is 5.21 Å². The van der Waals surface area contributed by atoms with Crippen molar-refractivity contribution >= 4 is 48.0 Å². The monoisotopic (exact) mass is 397 g/mol. The second-order valence-electron chi connectivity index (χ2n) is 6.14. The van der Waals surface area contributed by atoms with Gasteiger partial charge in [0.2, 0.25) is 0 Å². The van der Waals surface area contributed by atoms with Crippen LogP contribution in [0.1, 0.15) is 5.56 Å². The third-order valence-corrected chi connectivity index (χ3v) is 4.71. The Labute approximate surface area is 166 Å². The van der Waals surface area contributed by atoms with Crippen LogP contribution in [-0.2, 0) is 6.54 Å². The molecule has 1 aromatic carbocycles. The molecule has 0 aliphatic carbocycles. The number of halogens is 2. The number of nitrogens with one attached hydrogen (secondary N) is 1. The summed E-state index contributed by atoms with van der Waals surface area (Å²) in [6, 6.07) is 10.8. The minimum atomic E-state index is 0.467. The van der Waals surface area contributed by atoms with Gasteiger partial charge in [0.1, 0.15) is 13.7 Å². The Kier molecular flexibility index (Phi) is 4.64. The van der Waals surface area contributed by atoms with Crippen LogP contribution in [0.25, 0.3) is 16.9 Å². The van der Waals surface area contributed by atoms with Crippen LogP contribution in [0.4, 0.5) is 5.82 Å². The molecule has 0 saturated heterocycles. The molecule has 9 heteroatoms. The Bertz CT molecular complexity index is 1150. The lowest BCUT2D eigenvalue weighted by Crippen LogP contribution is -2.25. The van der Waals surface area contributed by atoms with Gasteiger partial charge in [0, 0.05) is 41.0 Å². The molecule has 0 bridgehead atoms. The van der Waals surface area contributed by atoms with E-state index in [4.69, 9.17) is 28.2 Å². The average Bonchev–Trinajstić information content (AvgIpc) is 3.01. The van der Waals surface area contributed by atoms with Gasteiger partial charge in [-0.2, -0.15) is 14.3 Å². The normalized spacial score (nSPS) is 11.0. The second kappa shape index (κ2) is 7.10. The van der Waals surface area contributed by atoms with Crippen molar-refractivity contribution in [3.05, 3.63) is 75.8 Å². The molecule has 0 aliphatic heterocycles. The molecule has 27 heavy (non-hydrogen) atoms. The molecule has 6 nitrogen and oxygen atoms in total. The molecule has 0 radical (unpaired) electrons. The number of benzene rings is 1. The van der Waals surface area contributed by atoms with Gasteiger partial charge >= 0.3 is 0 Å². The van der Waals surface area contributed by atoms with Crippen LogP contribution in [-0.4, -0.2) is 22.4 Å². The fourth-order valence-electron chi connectivity index (χ4n) is 2.83. The second-order valence-corrected chi connectivity index (χ2v) is 6.98. The van der Waals surface area contributed by atoms with Gasteiger partial charge < -0.3 is 10.5 Å². The Hall–Kier alpha value is -2.77. The van der Waals surface area contributed by atoms with Crippen molar-refractivity contribution in [2.75, 3.05) is 5.32 Å². The number of anilines is 1. The van der Waals surface area contributed by atoms with Crippen LogP contribution in [0.3, 0.4) is 0 Å². The number of rotatable bonds is 4. The van der Waals surface area contributed by atoms with Gasteiger partial charge in [-0.25, -0.2) is 4.98 Å². The minimum absolute atomic E-state index is 0.467. The molecule has 3 heterocycles. The highest BCUT2D eigenvalue weighted by Crippen LogP contribution is 2.30. The van der Waals surface area contributed by atoms with Gasteiger partial charge in [0.25, 0.3) is 0 Å². The van der Waals surface area contributed by atoms with Crippen LogP contribution >= 0.6 is 23.2 Å². The van der Waals surface area contributed by atoms with E-state index in [1.807, 2.05) is 26.0 Å². The van der Waals surface area contributed by atoms with Gasteiger partial charge in [-0.05, 0) is 29.7 Å². The molecule has 1 N–H and O–H groups in total. The topological polar surface area (TPSA) is 69.2 Å². The standard InChI is InChI=1S/C18H14BCl2N5O/c19-14-9-23-26-17(22-8-11-2-1-5-25(27)10-11)7-16(24-18(14)26)13-4-3-12(20)6-15(13)21/h1-7,9-10,22H,8,19H2. The number of nitrogens with zero attached hydrogens (tertiary/aromatic N) is 4. The average molecular weight is 398 g/mol. The number of fused-ring (bicyclic) bond motifs is 1. The summed E-state index contributed by atoms with van der Waals surface area (Å²) < 4.78 is 2.51. The summed E-state index contributed by atoms with van der Waals surface area (Å²) in [7, 11) is 1.95. The molecule has 0 aliphatic rings.